The molecule has 1 aromatic carbocycles. The smallest absolute Gasteiger partial charge is 0.387 e. The van der Waals surface area contributed by atoms with Crippen molar-refractivity contribution in [3.05, 3.63) is 52.7 Å². The summed E-state index contributed by atoms with van der Waals surface area (Å²) in [6.45, 7) is -2.30. The molecule has 0 atom stereocenters. The van der Waals surface area contributed by atoms with Gasteiger partial charge in [0.1, 0.15) is 5.75 Å². The van der Waals surface area contributed by atoms with Crippen LogP contribution in [0.15, 0.2) is 41.4 Å². The highest BCUT2D eigenvalue weighted by atomic mass is 127. The number of guanidine groups is 1. The van der Waals surface area contributed by atoms with Gasteiger partial charge in [0, 0.05) is 30.2 Å². The number of aromatic nitrogens is 1. The van der Waals surface area contributed by atoms with Crippen LogP contribution in [0.5, 0.6) is 11.6 Å². The van der Waals surface area contributed by atoms with Crippen molar-refractivity contribution in [2.45, 2.75) is 19.7 Å². The standard InChI is InChI=1S/C17H19ClF2N4O2.HI/c1-21-17(23-10-13-4-3-5-15(24-13)25-2)22-9-11-8-12(18)6-7-14(11)26-16(19)20;/h3-8,16H,9-10H2,1-2H3,(H2,21,22,23);1H. The van der Waals surface area contributed by atoms with Crippen LogP contribution in [0.25, 0.3) is 0 Å². The van der Waals surface area contributed by atoms with Gasteiger partial charge in [0.15, 0.2) is 5.96 Å². The molecule has 0 saturated heterocycles. The second-order valence-electron chi connectivity index (χ2n) is 5.08. The van der Waals surface area contributed by atoms with Crippen molar-refractivity contribution in [2.75, 3.05) is 14.2 Å². The maximum Gasteiger partial charge on any atom is 0.387 e. The van der Waals surface area contributed by atoms with E-state index in [0.29, 0.717) is 29.0 Å². The molecule has 0 unspecified atom stereocenters. The zero-order chi connectivity index (χ0) is 18.9. The monoisotopic (exact) mass is 512 g/mol. The summed E-state index contributed by atoms with van der Waals surface area (Å²) in [5.74, 6) is 1.04. The van der Waals surface area contributed by atoms with Gasteiger partial charge in [0.05, 0.1) is 19.3 Å². The molecule has 0 bridgehead atoms. The van der Waals surface area contributed by atoms with Crippen LogP contribution in [0.2, 0.25) is 5.02 Å². The van der Waals surface area contributed by atoms with Gasteiger partial charge in [-0.15, -0.1) is 24.0 Å². The molecule has 1 aromatic heterocycles. The van der Waals surface area contributed by atoms with Gasteiger partial charge in [-0.1, -0.05) is 17.7 Å². The van der Waals surface area contributed by atoms with E-state index in [1.165, 1.54) is 12.1 Å². The number of hydrogen-bond donors (Lipinski definition) is 2. The summed E-state index contributed by atoms with van der Waals surface area (Å²) >= 11 is 5.94. The number of benzene rings is 1. The van der Waals surface area contributed by atoms with E-state index in [4.69, 9.17) is 16.3 Å². The highest BCUT2D eigenvalue weighted by molar-refractivity contribution is 14.0. The van der Waals surface area contributed by atoms with E-state index in [9.17, 15) is 8.78 Å². The number of halogens is 4. The Morgan fingerprint density at radius 3 is 2.63 bits per heavy atom. The van der Waals surface area contributed by atoms with Gasteiger partial charge >= 0.3 is 6.61 Å². The SMILES string of the molecule is CN=C(NCc1cccc(OC)n1)NCc1cc(Cl)ccc1OC(F)F.I. The molecule has 2 aromatic rings. The van der Waals surface area contributed by atoms with Crippen molar-refractivity contribution in [3.8, 4) is 11.6 Å². The molecule has 0 spiro atoms. The van der Waals surface area contributed by atoms with Crippen LogP contribution in [-0.4, -0.2) is 31.7 Å². The van der Waals surface area contributed by atoms with Crippen LogP contribution in [0.1, 0.15) is 11.3 Å². The van der Waals surface area contributed by atoms with Gasteiger partial charge in [0.25, 0.3) is 0 Å². The van der Waals surface area contributed by atoms with Crippen LogP contribution in [0.3, 0.4) is 0 Å². The summed E-state index contributed by atoms with van der Waals surface area (Å²) < 4.78 is 34.6. The molecule has 0 amide bonds. The molecule has 0 aliphatic carbocycles. The van der Waals surface area contributed by atoms with Crippen molar-refractivity contribution in [1.29, 1.82) is 0 Å². The minimum atomic E-state index is -2.91. The summed E-state index contributed by atoms with van der Waals surface area (Å²) in [6, 6.07) is 9.88. The normalized spacial score (nSPS) is 11.0. The van der Waals surface area contributed by atoms with Crippen molar-refractivity contribution >= 4 is 41.5 Å². The van der Waals surface area contributed by atoms with Crippen LogP contribution in [0.4, 0.5) is 8.78 Å². The molecule has 0 saturated carbocycles. The second-order valence-corrected chi connectivity index (χ2v) is 5.52. The Morgan fingerprint density at radius 2 is 1.96 bits per heavy atom. The van der Waals surface area contributed by atoms with E-state index in [0.717, 1.165) is 5.69 Å². The Hall–Kier alpha value is -1.88. The third kappa shape index (κ3) is 7.71. The topological polar surface area (TPSA) is 67.8 Å². The zero-order valence-corrected chi connectivity index (χ0v) is 17.8. The van der Waals surface area contributed by atoms with Crippen LogP contribution in [-0.2, 0) is 13.1 Å². The first-order valence-corrected chi connectivity index (χ1v) is 8.07. The third-order valence-corrected chi connectivity index (χ3v) is 3.57. The number of nitrogens with one attached hydrogen (secondary N) is 2. The molecule has 6 nitrogen and oxygen atoms in total. The predicted octanol–water partition coefficient (Wildman–Crippen LogP) is 3.83. The Labute approximate surface area is 178 Å². The van der Waals surface area contributed by atoms with Crippen LogP contribution in [0, 0.1) is 0 Å². The van der Waals surface area contributed by atoms with Crippen LogP contribution >= 0.6 is 35.6 Å². The first-order valence-electron chi connectivity index (χ1n) is 7.69. The van der Waals surface area contributed by atoms with E-state index in [1.54, 1.807) is 26.3 Å². The first-order chi connectivity index (χ1) is 12.5. The Morgan fingerprint density at radius 1 is 1.22 bits per heavy atom. The van der Waals surface area contributed by atoms with Gasteiger partial charge in [-0.05, 0) is 24.3 Å². The number of nitrogens with zero attached hydrogens (tertiary/aromatic N) is 2. The lowest BCUT2D eigenvalue weighted by molar-refractivity contribution is -0.0504. The fraction of sp³-hybridized carbons (Fsp3) is 0.294. The summed E-state index contributed by atoms with van der Waals surface area (Å²) in [6.07, 6.45) is 0. The van der Waals surface area contributed by atoms with E-state index in [2.05, 4.69) is 25.3 Å². The number of hydrogen-bond acceptors (Lipinski definition) is 4. The molecule has 0 fully saturated rings. The molecular weight excluding hydrogens is 493 g/mol. The van der Waals surface area contributed by atoms with E-state index in [-0.39, 0.29) is 36.3 Å². The molecule has 0 aliphatic heterocycles. The molecule has 10 heteroatoms. The molecule has 0 radical (unpaired) electrons. The molecule has 27 heavy (non-hydrogen) atoms. The highest BCUT2D eigenvalue weighted by Crippen LogP contribution is 2.24. The lowest BCUT2D eigenvalue weighted by atomic mass is 10.2. The number of pyridine rings is 1. The largest absolute Gasteiger partial charge is 0.481 e. The summed E-state index contributed by atoms with van der Waals surface area (Å²) in [4.78, 5) is 8.37. The van der Waals surface area contributed by atoms with Gasteiger partial charge in [-0.2, -0.15) is 8.78 Å². The predicted molar refractivity (Wildman–Crippen MR) is 111 cm³/mol. The lowest BCUT2D eigenvalue weighted by Crippen LogP contribution is -2.36. The van der Waals surface area contributed by atoms with Gasteiger partial charge in [0.2, 0.25) is 5.88 Å². The highest BCUT2D eigenvalue weighted by Gasteiger charge is 2.11. The van der Waals surface area contributed by atoms with Crippen molar-refractivity contribution in [3.63, 3.8) is 0 Å². The molecule has 2 N–H and O–H groups in total. The fourth-order valence-electron chi connectivity index (χ4n) is 2.14. The Balaban J connectivity index is 0.00000364. The fourth-order valence-corrected chi connectivity index (χ4v) is 2.34. The van der Waals surface area contributed by atoms with Crippen molar-refractivity contribution < 1.29 is 18.3 Å². The van der Waals surface area contributed by atoms with E-state index < -0.39 is 6.61 Å². The van der Waals surface area contributed by atoms with Crippen molar-refractivity contribution in [2.24, 2.45) is 4.99 Å². The first kappa shape index (κ1) is 23.2. The van der Waals surface area contributed by atoms with E-state index >= 15 is 0 Å². The molecule has 0 aliphatic rings. The maximum atomic E-state index is 12.5. The number of ether oxygens (including phenoxy) is 2. The second kappa shape index (κ2) is 11.8. The summed E-state index contributed by atoms with van der Waals surface area (Å²) in [5, 5.41) is 6.53. The van der Waals surface area contributed by atoms with Crippen LogP contribution < -0.4 is 20.1 Å². The average Bonchev–Trinajstić information content (AvgIpc) is 2.63. The Bertz CT molecular complexity index is 765. The van der Waals surface area contributed by atoms with E-state index in [1.807, 2.05) is 12.1 Å². The number of alkyl halides is 2. The molecule has 148 valence electrons. The molecule has 2 rings (SSSR count). The third-order valence-electron chi connectivity index (χ3n) is 3.34. The van der Waals surface area contributed by atoms with Gasteiger partial charge < -0.3 is 20.1 Å². The molecular formula is C17H20ClF2IN4O2. The zero-order valence-electron chi connectivity index (χ0n) is 14.7. The number of methoxy groups -OCH3 is 1. The number of aliphatic imine (C=N–C) groups is 1. The lowest BCUT2D eigenvalue weighted by Gasteiger charge is -2.15. The quantitative estimate of drug-likeness (QED) is 0.335. The molecule has 1 heterocycles. The summed E-state index contributed by atoms with van der Waals surface area (Å²) in [5.41, 5.74) is 1.25. The maximum absolute atomic E-state index is 12.5. The van der Waals surface area contributed by atoms with Crippen molar-refractivity contribution in [1.82, 2.24) is 15.6 Å². The van der Waals surface area contributed by atoms with Gasteiger partial charge in [-0.25, -0.2) is 4.98 Å². The Kier molecular flexibility index (Phi) is 10.1. The summed E-state index contributed by atoms with van der Waals surface area (Å²) in [7, 11) is 3.15. The minimum absolute atomic E-state index is 0. The average molecular weight is 513 g/mol. The minimum Gasteiger partial charge on any atom is -0.481 e. The number of rotatable bonds is 7. The van der Waals surface area contributed by atoms with Gasteiger partial charge in [-0.3, -0.25) is 4.99 Å².